The maximum absolute atomic E-state index is 12.2. The van der Waals surface area contributed by atoms with Gasteiger partial charge in [-0.15, -0.1) is 0 Å². The minimum atomic E-state index is -1.31. The van der Waals surface area contributed by atoms with Crippen molar-refractivity contribution < 1.29 is 23.3 Å². The highest BCUT2D eigenvalue weighted by atomic mass is 32.2. The van der Waals surface area contributed by atoms with Crippen LogP contribution in [0, 0.1) is 0 Å². The highest BCUT2D eigenvalue weighted by molar-refractivity contribution is 7.85. The first-order chi connectivity index (χ1) is 12.4. The van der Waals surface area contributed by atoms with Crippen LogP contribution in [0.25, 0.3) is 0 Å². The molecule has 0 aliphatic rings. The Labute approximate surface area is 153 Å². The Morgan fingerprint density at radius 1 is 1.08 bits per heavy atom. The molecule has 2 rings (SSSR count). The number of ether oxygens (including phenoxy) is 1. The number of rotatable bonds is 7. The molecular formula is C18H18N2O5S. The van der Waals surface area contributed by atoms with E-state index in [1.807, 2.05) is 0 Å². The molecule has 7 nitrogen and oxygen atoms in total. The molecule has 0 aliphatic carbocycles. The lowest BCUT2D eigenvalue weighted by Crippen LogP contribution is -2.21. The summed E-state index contributed by atoms with van der Waals surface area (Å²) in [4.78, 5) is 35.5. The Kier molecular flexibility index (Phi) is 6.62. The van der Waals surface area contributed by atoms with Crippen LogP contribution in [0.5, 0.6) is 0 Å². The first-order valence-electron chi connectivity index (χ1n) is 7.76. The zero-order chi connectivity index (χ0) is 19.1. The number of nitrogens with two attached hydrogens (primary N) is 1. The summed E-state index contributed by atoms with van der Waals surface area (Å²) in [5, 5.41) is 2.54. The summed E-state index contributed by atoms with van der Waals surface area (Å²) in [6.45, 7) is 1.25. The second kappa shape index (κ2) is 8.91. The molecule has 3 N–H and O–H groups in total. The van der Waals surface area contributed by atoms with Crippen molar-refractivity contribution in [2.75, 3.05) is 17.7 Å². The van der Waals surface area contributed by atoms with E-state index in [1.54, 1.807) is 25.1 Å². The van der Waals surface area contributed by atoms with Crippen molar-refractivity contribution in [3.05, 3.63) is 59.7 Å². The van der Waals surface area contributed by atoms with Crippen molar-refractivity contribution in [3.63, 3.8) is 0 Å². The summed E-state index contributed by atoms with van der Waals surface area (Å²) in [6.07, 6.45) is 0. The first-order valence-corrected chi connectivity index (χ1v) is 9.08. The Morgan fingerprint density at radius 2 is 1.73 bits per heavy atom. The smallest absolute Gasteiger partial charge is 0.339 e. The number of nitrogens with one attached hydrogen (secondary N) is 1. The minimum Gasteiger partial charge on any atom is -0.452 e. The van der Waals surface area contributed by atoms with Crippen molar-refractivity contribution >= 4 is 34.3 Å². The third kappa shape index (κ3) is 5.00. The fraction of sp³-hybridized carbons (Fsp3) is 0.167. The second-order valence-corrected chi connectivity index (χ2v) is 6.90. The standard InChI is InChI=1S/C18H18N2O5S/c1-2-26(24)15-6-4-3-5-14(15)18(23)25-11-16(21)20-13-9-7-12(8-10-13)17(19)22/h3-10H,2,11H2,1H3,(H2,19,22)(H,20,21)/t26-/m1/s1. The SMILES string of the molecule is CC[S@@](=O)c1ccccc1C(=O)OCC(=O)Nc1ccc(C(N)=O)cc1. The third-order valence-corrected chi connectivity index (χ3v) is 4.77. The summed E-state index contributed by atoms with van der Waals surface area (Å²) in [6, 6.07) is 12.4. The predicted molar refractivity (Wildman–Crippen MR) is 97.3 cm³/mol. The average Bonchev–Trinajstić information content (AvgIpc) is 2.65. The summed E-state index contributed by atoms with van der Waals surface area (Å²) in [7, 11) is -1.31. The molecule has 2 aromatic rings. The quantitative estimate of drug-likeness (QED) is 0.716. The van der Waals surface area contributed by atoms with Gasteiger partial charge in [-0.3, -0.25) is 13.8 Å². The molecule has 136 valence electrons. The van der Waals surface area contributed by atoms with Gasteiger partial charge >= 0.3 is 5.97 Å². The molecule has 2 amide bonds. The first kappa shape index (κ1) is 19.3. The van der Waals surface area contributed by atoms with Gasteiger partial charge in [-0.05, 0) is 36.4 Å². The predicted octanol–water partition coefficient (Wildman–Crippen LogP) is 1.71. The monoisotopic (exact) mass is 374 g/mol. The molecule has 0 unspecified atom stereocenters. The Morgan fingerprint density at radius 3 is 2.35 bits per heavy atom. The maximum Gasteiger partial charge on any atom is 0.339 e. The molecule has 0 heterocycles. The van der Waals surface area contributed by atoms with E-state index in [2.05, 4.69) is 5.32 Å². The molecule has 0 fully saturated rings. The lowest BCUT2D eigenvalue weighted by molar-refractivity contribution is -0.119. The molecule has 0 saturated heterocycles. The van der Waals surface area contributed by atoms with Crippen LogP contribution in [0.15, 0.2) is 53.4 Å². The van der Waals surface area contributed by atoms with E-state index < -0.39 is 35.2 Å². The lowest BCUT2D eigenvalue weighted by atomic mass is 10.2. The molecule has 26 heavy (non-hydrogen) atoms. The fourth-order valence-corrected chi connectivity index (χ4v) is 3.05. The van der Waals surface area contributed by atoms with E-state index in [4.69, 9.17) is 10.5 Å². The van der Waals surface area contributed by atoms with E-state index in [9.17, 15) is 18.6 Å². The lowest BCUT2D eigenvalue weighted by Gasteiger charge is -2.09. The molecule has 2 aromatic carbocycles. The fourth-order valence-electron chi connectivity index (χ4n) is 2.11. The van der Waals surface area contributed by atoms with Gasteiger partial charge in [-0.1, -0.05) is 19.1 Å². The number of benzene rings is 2. The van der Waals surface area contributed by atoms with Crippen LogP contribution in [0.4, 0.5) is 5.69 Å². The number of carbonyl (C=O) groups excluding carboxylic acids is 3. The van der Waals surface area contributed by atoms with Gasteiger partial charge in [-0.25, -0.2) is 4.79 Å². The van der Waals surface area contributed by atoms with Gasteiger partial charge in [-0.2, -0.15) is 0 Å². The van der Waals surface area contributed by atoms with Crippen molar-refractivity contribution in [1.29, 1.82) is 0 Å². The van der Waals surface area contributed by atoms with Crippen molar-refractivity contribution in [1.82, 2.24) is 0 Å². The van der Waals surface area contributed by atoms with Crippen LogP contribution in [0.3, 0.4) is 0 Å². The summed E-state index contributed by atoms with van der Waals surface area (Å²) >= 11 is 0. The molecule has 0 aliphatic heterocycles. The van der Waals surface area contributed by atoms with Gasteiger partial charge in [0.15, 0.2) is 6.61 Å². The summed E-state index contributed by atoms with van der Waals surface area (Å²) in [5.41, 5.74) is 6.06. The van der Waals surface area contributed by atoms with Crippen molar-refractivity contribution in [2.24, 2.45) is 5.73 Å². The largest absolute Gasteiger partial charge is 0.452 e. The Balaban J connectivity index is 1.96. The van der Waals surface area contributed by atoms with Crippen LogP contribution in [0.1, 0.15) is 27.6 Å². The average molecular weight is 374 g/mol. The van der Waals surface area contributed by atoms with E-state index >= 15 is 0 Å². The molecular weight excluding hydrogens is 356 g/mol. The van der Waals surface area contributed by atoms with E-state index in [0.717, 1.165) is 0 Å². The molecule has 0 radical (unpaired) electrons. The van der Waals surface area contributed by atoms with E-state index in [0.29, 0.717) is 21.9 Å². The van der Waals surface area contributed by atoms with Crippen molar-refractivity contribution in [2.45, 2.75) is 11.8 Å². The van der Waals surface area contributed by atoms with Gasteiger partial charge in [0, 0.05) is 17.0 Å². The molecule has 0 aromatic heterocycles. The normalized spacial score (nSPS) is 11.4. The number of amides is 2. The highest BCUT2D eigenvalue weighted by Crippen LogP contribution is 2.15. The third-order valence-electron chi connectivity index (χ3n) is 3.40. The van der Waals surface area contributed by atoms with Gasteiger partial charge < -0.3 is 15.8 Å². The van der Waals surface area contributed by atoms with Crippen LogP contribution in [-0.2, 0) is 20.3 Å². The van der Waals surface area contributed by atoms with Gasteiger partial charge in [0.2, 0.25) is 5.91 Å². The molecule has 8 heteroatoms. The van der Waals surface area contributed by atoms with Gasteiger partial charge in [0.1, 0.15) is 0 Å². The molecule has 0 saturated carbocycles. The topological polar surface area (TPSA) is 116 Å². The van der Waals surface area contributed by atoms with E-state index in [1.165, 1.54) is 30.3 Å². The number of hydrogen-bond acceptors (Lipinski definition) is 5. The number of esters is 1. The summed E-state index contributed by atoms with van der Waals surface area (Å²) in [5.74, 6) is -1.47. The molecule has 0 spiro atoms. The maximum atomic E-state index is 12.2. The zero-order valence-electron chi connectivity index (χ0n) is 14.1. The second-order valence-electron chi connectivity index (χ2n) is 5.20. The van der Waals surface area contributed by atoms with Gasteiger partial charge in [0.25, 0.3) is 5.91 Å². The molecule has 1 atom stereocenters. The van der Waals surface area contributed by atoms with Crippen molar-refractivity contribution in [3.8, 4) is 0 Å². The highest BCUT2D eigenvalue weighted by Gasteiger charge is 2.17. The van der Waals surface area contributed by atoms with Crippen LogP contribution >= 0.6 is 0 Å². The van der Waals surface area contributed by atoms with Crippen LogP contribution in [-0.4, -0.2) is 34.4 Å². The van der Waals surface area contributed by atoms with Crippen LogP contribution in [0.2, 0.25) is 0 Å². The number of anilines is 1. The Bertz CT molecular complexity index is 849. The Hall–Kier alpha value is -3.00. The number of carbonyl (C=O) groups is 3. The summed E-state index contributed by atoms with van der Waals surface area (Å²) < 4.78 is 17.0. The van der Waals surface area contributed by atoms with Gasteiger partial charge in [0.05, 0.1) is 21.3 Å². The number of primary amides is 1. The van der Waals surface area contributed by atoms with Crippen LogP contribution < -0.4 is 11.1 Å². The molecule has 0 bridgehead atoms. The van der Waals surface area contributed by atoms with E-state index in [-0.39, 0.29) is 5.56 Å². The minimum absolute atomic E-state index is 0.172. The number of hydrogen-bond donors (Lipinski definition) is 2. The zero-order valence-corrected chi connectivity index (χ0v) is 14.9.